The van der Waals surface area contributed by atoms with Crippen molar-refractivity contribution in [3.05, 3.63) is 29.8 Å². The number of carboxylic acids is 1. The number of carbonyl (C=O) groups is 4. The van der Waals surface area contributed by atoms with Crippen LogP contribution >= 0.6 is 0 Å². The molecule has 1 aromatic carbocycles. The summed E-state index contributed by atoms with van der Waals surface area (Å²) in [6.07, 6.45) is 0.936. The molecule has 0 aliphatic carbocycles. The van der Waals surface area contributed by atoms with Gasteiger partial charge in [-0.15, -0.1) is 0 Å². The minimum atomic E-state index is -1.15. The van der Waals surface area contributed by atoms with E-state index >= 15 is 0 Å². The second-order valence-electron chi connectivity index (χ2n) is 10.5. The summed E-state index contributed by atoms with van der Waals surface area (Å²) in [6.45, 7) is 11.4. The highest BCUT2D eigenvalue weighted by atomic mass is 16.4. The zero-order valence-electron chi connectivity index (χ0n) is 20.9. The van der Waals surface area contributed by atoms with Crippen LogP contribution in [-0.4, -0.2) is 50.9 Å². The van der Waals surface area contributed by atoms with E-state index < -0.39 is 47.6 Å². The van der Waals surface area contributed by atoms with E-state index in [2.05, 4.69) is 5.32 Å². The van der Waals surface area contributed by atoms with Gasteiger partial charge in [-0.1, -0.05) is 53.7 Å². The molecule has 1 aliphatic rings. The van der Waals surface area contributed by atoms with Crippen LogP contribution in [0.15, 0.2) is 24.3 Å². The first-order valence-electron chi connectivity index (χ1n) is 12.0. The molecular weight excluding hydrogens is 436 g/mol. The number of carbonyl (C=O) groups excluding carboxylic acids is 3. The molecule has 1 aliphatic heterocycles. The summed E-state index contributed by atoms with van der Waals surface area (Å²) < 4.78 is 0. The first kappa shape index (κ1) is 27.3. The van der Waals surface area contributed by atoms with Crippen molar-refractivity contribution in [2.24, 2.45) is 23.7 Å². The molecule has 0 radical (unpaired) electrons. The molecule has 1 heterocycles. The number of imide groups is 1. The quantitative estimate of drug-likeness (QED) is 0.422. The summed E-state index contributed by atoms with van der Waals surface area (Å²) in [5.74, 6) is -3.82. The Hall–Kier alpha value is -2.90. The summed E-state index contributed by atoms with van der Waals surface area (Å²) >= 11 is 0. The van der Waals surface area contributed by atoms with E-state index in [1.165, 1.54) is 12.1 Å². The number of hydrogen-bond acceptors (Lipinski definition) is 5. The Morgan fingerprint density at radius 3 is 1.94 bits per heavy atom. The third-order valence-electron chi connectivity index (χ3n) is 6.07. The van der Waals surface area contributed by atoms with Crippen LogP contribution in [0.1, 0.15) is 72.3 Å². The van der Waals surface area contributed by atoms with Crippen LogP contribution in [0.4, 0.5) is 0 Å². The lowest BCUT2D eigenvalue weighted by Gasteiger charge is -2.29. The number of aromatic hydroxyl groups is 1. The third kappa shape index (κ3) is 6.58. The van der Waals surface area contributed by atoms with Gasteiger partial charge in [0.05, 0.1) is 11.8 Å². The molecular formula is C26H38N2O6. The molecule has 3 N–H and O–H groups in total. The molecule has 0 bridgehead atoms. The fourth-order valence-electron chi connectivity index (χ4n) is 4.60. The Morgan fingerprint density at radius 1 is 0.912 bits per heavy atom. The van der Waals surface area contributed by atoms with E-state index in [0.29, 0.717) is 12.0 Å². The van der Waals surface area contributed by atoms with Crippen molar-refractivity contribution in [3.8, 4) is 5.75 Å². The Balaban J connectivity index is 2.45. The number of phenolic OH excluding ortho intramolecular Hbond substituents is 1. The summed E-state index contributed by atoms with van der Waals surface area (Å²) in [4.78, 5) is 53.4. The Labute approximate surface area is 201 Å². The number of nitrogens with one attached hydrogen (secondary N) is 1. The number of benzene rings is 1. The van der Waals surface area contributed by atoms with Gasteiger partial charge in [0.2, 0.25) is 17.7 Å². The van der Waals surface area contributed by atoms with Gasteiger partial charge >= 0.3 is 5.97 Å². The van der Waals surface area contributed by atoms with Gasteiger partial charge in [0, 0.05) is 0 Å². The molecule has 2 rings (SSSR count). The van der Waals surface area contributed by atoms with E-state index in [4.69, 9.17) is 0 Å². The van der Waals surface area contributed by atoms with E-state index in [-0.39, 0.29) is 36.3 Å². The maximum Gasteiger partial charge on any atom is 0.326 e. The minimum absolute atomic E-state index is 0.0130. The van der Waals surface area contributed by atoms with Gasteiger partial charge < -0.3 is 15.5 Å². The minimum Gasteiger partial charge on any atom is -0.508 e. The zero-order valence-corrected chi connectivity index (χ0v) is 20.9. The molecule has 1 saturated heterocycles. The Kier molecular flexibility index (Phi) is 9.24. The first-order chi connectivity index (χ1) is 15.8. The van der Waals surface area contributed by atoms with Crippen molar-refractivity contribution in [1.29, 1.82) is 0 Å². The number of aliphatic carboxylic acids is 1. The number of amides is 3. The van der Waals surface area contributed by atoms with Crippen LogP contribution in [0.2, 0.25) is 0 Å². The lowest BCUT2D eigenvalue weighted by Crippen LogP contribution is -2.54. The summed E-state index contributed by atoms with van der Waals surface area (Å²) in [7, 11) is 0. The van der Waals surface area contributed by atoms with Crippen molar-refractivity contribution in [2.45, 2.75) is 78.8 Å². The van der Waals surface area contributed by atoms with Crippen molar-refractivity contribution in [3.63, 3.8) is 0 Å². The zero-order chi connectivity index (χ0) is 25.7. The van der Waals surface area contributed by atoms with Crippen LogP contribution in [0.25, 0.3) is 0 Å². The maximum atomic E-state index is 13.7. The topological polar surface area (TPSA) is 124 Å². The van der Waals surface area contributed by atoms with Gasteiger partial charge in [0.25, 0.3) is 0 Å². The lowest BCUT2D eigenvalue weighted by atomic mass is 9.83. The average Bonchev–Trinajstić information content (AvgIpc) is 2.95. The van der Waals surface area contributed by atoms with Crippen LogP contribution in [0.3, 0.4) is 0 Å². The Bertz CT molecular complexity index is 893. The molecule has 8 nitrogen and oxygen atoms in total. The second kappa shape index (κ2) is 11.5. The number of hydrogen-bond donors (Lipinski definition) is 3. The fourth-order valence-corrected chi connectivity index (χ4v) is 4.60. The van der Waals surface area contributed by atoms with Crippen molar-refractivity contribution >= 4 is 23.7 Å². The monoisotopic (exact) mass is 474 g/mol. The van der Waals surface area contributed by atoms with Gasteiger partial charge in [-0.3, -0.25) is 19.3 Å². The fraction of sp³-hybridized carbons (Fsp3) is 0.615. The van der Waals surface area contributed by atoms with Crippen molar-refractivity contribution in [2.75, 3.05) is 0 Å². The largest absolute Gasteiger partial charge is 0.508 e. The molecule has 8 heteroatoms. The first-order valence-corrected chi connectivity index (χ1v) is 12.0. The van der Waals surface area contributed by atoms with Gasteiger partial charge in [-0.25, -0.2) is 4.79 Å². The predicted molar refractivity (Wildman–Crippen MR) is 128 cm³/mol. The third-order valence-corrected chi connectivity index (χ3v) is 6.07. The normalized spacial score (nSPS) is 20.3. The van der Waals surface area contributed by atoms with Gasteiger partial charge in [-0.05, 0) is 54.7 Å². The van der Waals surface area contributed by atoms with Crippen LogP contribution < -0.4 is 5.32 Å². The highest BCUT2D eigenvalue weighted by molar-refractivity contribution is 6.10. The van der Waals surface area contributed by atoms with E-state index in [1.807, 2.05) is 41.5 Å². The predicted octanol–water partition coefficient (Wildman–Crippen LogP) is 3.54. The molecule has 0 spiro atoms. The van der Waals surface area contributed by atoms with Gasteiger partial charge in [0.15, 0.2) is 0 Å². The molecule has 3 unspecified atom stereocenters. The molecule has 4 atom stereocenters. The molecule has 188 valence electrons. The molecule has 1 fully saturated rings. The summed E-state index contributed by atoms with van der Waals surface area (Å²) in [6, 6.07) is 4.01. The van der Waals surface area contributed by atoms with Crippen molar-refractivity contribution < 1.29 is 29.4 Å². The summed E-state index contributed by atoms with van der Waals surface area (Å²) in [5.41, 5.74) is 0.608. The number of nitrogens with zero attached hydrogens (tertiary/aromatic N) is 1. The van der Waals surface area contributed by atoms with Gasteiger partial charge in [0.1, 0.15) is 17.8 Å². The molecule has 3 amide bonds. The van der Waals surface area contributed by atoms with Crippen molar-refractivity contribution in [1.82, 2.24) is 10.2 Å². The van der Waals surface area contributed by atoms with Crippen LogP contribution in [0.5, 0.6) is 5.75 Å². The maximum absolute atomic E-state index is 13.7. The highest BCUT2D eigenvalue weighted by Crippen LogP contribution is 2.40. The molecule has 0 saturated carbocycles. The summed E-state index contributed by atoms with van der Waals surface area (Å²) in [5, 5.41) is 21.8. The Morgan fingerprint density at radius 2 is 1.47 bits per heavy atom. The molecule has 34 heavy (non-hydrogen) atoms. The number of phenols is 1. The van der Waals surface area contributed by atoms with Gasteiger partial charge in [-0.2, -0.15) is 0 Å². The smallest absolute Gasteiger partial charge is 0.326 e. The SMILES string of the molecule is CC(C)CC1C(=O)N(C(CC(C)C)C(=O)N[C@@H](CC(C)C)C(=O)O)C(=O)C1c1ccc(O)cc1. The molecule has 1 aromatic rings. The van der Waals surface area contributed by atoms with E-state index in [0.717, 1.165) is 4.90 Å². The second-order valence-corrected chi connectivity index (χ2v) is 10.5. The highest BCUT2D eigenvalue weighted by Gasteiger charge is 2.52. The van der Waals surface area contributed by atoms with E-state index in [9.17, 15) is 29.4 Å². The number of likely N-dealkylation sites (tertiary alicyclic amines) is 1. The number of carboxylic acid groups (broad SMARTS) is 1. The average molecular weight is 475 g/mol. The van der Waals surface area contributed by atoms with Crippen LogP contribution in [0, 0.1) is 23.7 Å². The number of rotatable bonds is 11. The molecule has 0 aromatic heterocycles. The standard InChI is InChI=1S/C26H38N2O6/c1-14(2)11-19-22(17-7-9-18(29)10-8-17)25(32)28(24(19)31)21(13-16(5)6)23(30)27-20(26(33)34)12-15(3)4/h7-10,14-16,19-22,29H,11-13H2,1-6H3,(H,27,30)(H,33,34)/t19?,20-,21?,22?/m0/s1. The van der Waals surface area contributed by atoms with E-state index in [1.54, 1.807) is 12.1 Å². The lowest BCUT2D eigenvalue weighted by molar-refractivity contribution is -0.149. The van der Waals surface area contributed by atoms with Crippen LogP contribution in [-0.2, 0) is 19.2 Å².